The van der Waals surface area contributed by atoms with E-state index in [1.807, 2.05) is 25.1 Å². The Balaban J connectivity index is 1.45. The zero-order chi connectivity index (χ0) is 25.2. The number of aryl methyl sites for hydroxylation is 1. The molecule has 0 aliphatic heterocycles. The molecule has 3 aliphatic rings. The Morgan fingerprint density at radius 1 is 1.11 bits per heavy atom. The van der Waals surface area contributed by atoms with E-state index in [-0.39, 0.29) is 39.3 Å². The number of furan rings is 1. The molecule has 182 valence electrons. The van der Waals surface area contributed by atoms with Gasteiger partial charge in [0.2, 0.25) is 5.71 Å². The minimum atomic E-state index is -0.390. The number of pyridine rings is 1. The van der Waals surface area contributed by atoms with E-state index in [1.54, 1.807) is 18.2 Å². The van der Waals surface area contributed by atoms with Crippen LogP contribution in [0.1, 0.15) is 52.0 Å². The summed E-state index contributed by atoms with van der Waals surface area (Å²) in [5.74, 6) is 0.514. The van der Waals surface area contributed by atoms with Gasteiger partial charge in [-0.3, -0.25) is 9.59 Å². The number of carbonyl (C=O) groups excluding carboxylic acids is 2. The van der Waals surface area contributed by atoms with Crippen molar-refractivity contribution < 1.29 is 18.4 Å². The predicted molar refractivity (Wildman–Crippen MR) is 137 cm³/mol. The molecule has 2 heterocycles. The number of ketones is 1. The lowest BCUT2D eigenvalue weighted by Crippen LogP contribution is -2.52. The van der Waals surface area contributed by atoms with E-state index >= 15 is 0 Å². The number of aromatic nitrogens is 1. The molecule has 0 saturated heterocycles. The van der Waals surface area contributed by atoms with E-state index in [1.165, 1.54) is 38.4 Å². The molecule has 5 nitrogen and oxygen atoms in total. The number of fused-ring (bicyclic) bond motifs is 1. The molecule has 0 radical (unpaired) electrons. The van der Waals surface area contributed by atoms with Gasteiger partial charge in [0, 0.05) is 30.2 Å². The highest BCUT2D eigenvalue weighted by Gasteiger charge is 2.56. The normalized spacial score (nSPS) is 20.1. The van der Waals surface area contributed by atoms with Gasteiger partial charge in [-0.05, 0) is 85.0 Å². The van der Waals surface area contributed by atoms with Crippen LogP contribution in [0.25, 0.3) is 33.6 Å². The van der Waals surface area contributed by atoms with Gasteiger partial charge in [-0.1, -0.05) is 23.7 Å². The molecular weight excluding hydrogens is 479 g/mol. The Kier molecular flexibility index (Phi) is 5.27. The van der Waals surface area contributed by atoms with Crippen molar-refractivity contribution in [2.45, 2.75) is 32.6 Å². The van der Waals surface area contributed by atoms with Crippen molar-refractivity contribution in [2.75, 3.05) is 7.05 Å². The first-order chi connectivity index (χ1) is 17.3. The standard InChI is InChI=1S/C29H24ClFN2O3/c1-15-3-4-18(9-20(15)23(34)14-29-11-16(12-29)13-29)21-10-22-24(27(35)32-2)25(36-28(22)33-26(21)30)17-5-7-19(31)8-6-17/h3-10,16H,11-14H2,1-2H3,(H,32,35). The molecule has 0 spiro atoms. The number of rotatable bonds is 6. The second-order valence-corrected chi connectivity index (χ2v) is 10.5. The van der Waals surface area contributed by atoms with Gasteiger partial charge in [0.25, 0.3) is 5.91 Å². The van der Waals surface area contributed by atoms with Crippen LogP contribution in [0.3, 0.4) is 0 Å². The average Bonchev–Trinajstić information content (AvgIpc) is 3.18. The summed E-state index contributed by atoms with van der Waals surface area (Å²) in [5.41, 5.74) is 4.21. The van der Waals surface area contributed by atoms with Crippen LogP contribution in [0, 0.1) is 24.1 Å². The lowest BCUT2D eigenvalue weighted by Gasteiger charge is -2.62. The van der Waals surface area contributed by atoms with Crippen LogP contribution >= 0.6 is 11.6 Å². The van der Waals surface area contributed by atoms with Gasteiger partial charge < -0.3 is 9.73 Å². The summed E-state index contributed by atoms with van der Waals surface area (Å²) in [6.45, 7) is 1.94. The van der Waals surface area contributed by atoms with Crippen LogP contribution in [0.5, 0.6) is 0 Å². The first kappa shape index (κ1) is 22.9. The van der Waals surface area contributed by atoms with Crippen molar-refractivity contribution in [3.8, 4) is 22.5 Å². The largest absolute Gasteiger partial charge is 0.437 e. The fraction of sp³-hybridized carbons (Fsp3) is 0.276. The Morgan fingerprint density at radius 3 is 2.44 bits per heavy atom. The maximum atomic E-state index is 13.5. The summed E-state index contributed by atoms with van der Waals surface area (Å²) >= 11 is 6.59. The predicted octanol–water partition coefficient (Wildman–Crippen LogP) is 7.00. The maximum Gasteiger partial charge on any atom is 0.255 e. The van der Waals surface area contributed by atoms with Gasteiger partial charge in [0.05, 0.1) is 10.9 Å². The molecule has 0 unspecified atom stereocenters. The molecule has 2 aromatic carbocycles. The van der Waals surface area contributed by atoms with Crippen molar-refractivity contribution in [1.82, 2.24) is 10.3 Å². The molecule has 2 aromatic heterocycles. The number of halogens is 2. The van der Waals surface area contributed by atoms with E-state index in [4.69, 9.17) is 16.0 Å². The Hall–Kier alpha value is -3.51. The van der Waals surface area contributed by atoms with Gasteiger partial charge in [-0.25, -0.2) is 9.37 Å². The van der Waals surface area contributed by atoms with Crippen molar-refractivity contribution in [3.63, 3.8) is 0 Å². The summed E-state index contributed by atoms with van der Waals surface area (Å²) in [6, 6.07) is 13.2. The third-order valence-electron chi connectivity index (χ3n) is 7.75. The number of amides is 1. The number of Topliss-reactive ketones (excluding diaryl/α,β-unsaturated/α-hetero) is 1. The second kappa shape index (κ2) is 8.27. The monoisotopic (exact) mass is 502 g/mol. The highest BCUT2D eigenvalue weighted by Crippen LogP contribution is 2.66. The summed E-state index contributed by atoms with van der Waals surface area (Å²) in [4.78, 5) is 30.5. The molecule has 36 heavy (non-hydrogen) atoms. The molecular formula is C29H24ClFN2O3. The van der Waals surface area contributed by atoms with Gasteiger partial charge in [-0.2, -0.15) is 0 Å². The number of nitrogens with one attached hydrogen (secondary N) is 1. The van der Waals surface area contributed by atoms with Crippen LogP contribution in [-0.2, 0) is 0 Å². The van der Waals surface area contributed by atoms with Crippen molar-refractivity contribution >= 4 is 34.4 Å². The molecule has 7 heteroatoms. The molecule has 7 rings (SSSR count). The second-order valence-electron chi connectivity index (χ2n) is 10.2. The zero-order valence-electron chi connectivity index (χ0n) is 20.0. The number of hydrogen-bond donors (Lipinski definition) is 1. The summed E-state index contributed by atoms with van der Waals surface area (Å²) < 4.78 is 19.4. The fourth-order valence-corrected chi connectivity index (χ4v) is 6.00. The van der Waals surface area contributed by atoms with E-state index in [2.05, 4.69) is 10.3 Å². The van der Waals surface area contributed by atoms with Gasteiger partial charge in [0.15, 0.2) is 5.78 Å². The molecule has 0 atom stereocenters. The van der Waals surface area contributed by atoms with Crippen molar-refractivity contribution in [2.24, 2.45) is 11.3 Å². The zero-order valence-corrected chi connectivity index (χ0v) is 20.7. The number of carbonyl (C=O) groups is 2. The minimum Gasteiger partial charge on any atom is -0.437 e. The van der Waals surface area contributed by atoms with Crippen molar-refractivity contribution in [1.29, 1.82) is 0 Å². The third-order valence-corrected chi connectivity index (χ3v) is 8.03. The van der Waals surface area contributed by atoms with Crippen molar-refractivity contribution in [3.05, 3.63) is 76.2 Å². The summed E-state index contributed by atoms with van der Waals surface area (Å²) in [5, 5.41) is 3.33. The highest BCUT2D eigenvalue weighted by atomic mass is 35.5. The molecule has 3 saturated carbocycles. The smallest absolute Gasteiger partial charge is 0.255 e. The molecule has 3 aliphatic carbocycles. The van der Waals surface area contributed by atoms with Crippen LogP contribution < -0.4 is 5.32 Å². The topological polar surface area (TPSA) is 72.2 Å². The lowest BCUT2D eigenvalue weighted by molar-refractivity contribution is -0.103. The highest BCUT2D eigenvalue weighted by molar-refractivity contribution is 6.33. The van der Waals surface area contributed by atoms with Gasteiger partial charge in [-0.15, -0.1) is 0 Å². The summed E-state index contributed by atoms with van der Waals surface area (Å²) in [6.07, 6.45) is 4.09. The lowest BCUT2D eigenvalue weighted by atomic mass is 9.43. The van der Waals surface area contributed by atoms with Crippen LogP contribution in [0.15, 0.2) is 52.9 Å². The van der Waals surface area contributed by atoms with E-state index < -0.39 is 5.82 Å². The third kappa shape index (κ3) is 3.63. The summed E-state index contributed by atoms with van der Waals surface area (Å²) in [7, 11) is 1.53. The van der Waals surface area contributed by atoms with Gasteiger partial charge in [0.1, 0.15) is 16.7 Å². The number of hydrogen-bond acceptors (Lipinski definition) is 4. The van der Waals surface area contributed by atoms with E-state index in [0.717, 1.165) is 17.0 Å². The molecule has 4 aromatic rings. The first-order valence-corrected chi connectivity index (χ1v) is 12.4. The van der Waals surface area contributed by atoms with Gasteiger partial charge >= 0.3 is 0 Å². The molecule has 1 amide bonds. The Bertz CT molecular complexity index is 1540. The van der Waals surface area contributed by atoms with E-state index in [0.29, 0.717) is 28.5 Å². The SMILES string of the molecule is CNC(=O)c1c(-c2ccc(F)cc2)oc2nc(Cl)c(-c3ccc(C)c(C(=O)CC45CC(C4)C5)c3)cc12. The molecule has 2 bridgehead atoms. The quantitative estimate of drug-likeness (QED) is 0.228. The Morgan fingerprint density at radius 2 is 1.81 bits per heavy atom. The number of nitrogens with zero attached hydrogens (tertiary/aromatic N) is 1. The minimum absolute atomic E-state index is 0.158. The maximum absolute atomic E-state index is 13.5. The van der Waals surface area contributed by atoms with Crippen LogP contribution in [0.4, 0.5) is 4.39 Å². The first-order valence-electron chi connectivity index (χ1n) is 12.0. The van der Waals surface area contributed by atoms with Crippen LogP contribution in [0.2, 0.25) is 5.15 Å². The molecule has 1 N–H and O–H groups in total. The Labute approximate surface area is 212 Å². The molecule has 3 fully saturated rings. The average molecular weight is 503 g/mol. The van der Waals surface area contributed by atoms with E-state index in [9.17, 15) is 14.0 Å². The van der Waals surface area contributed by atoms with Crippen LogP contribution in [-0.4, -0.2) is 23.7 Å². The number of benzene rings is 2. The fourth-order valence-electron chi connectivity index (χ4n) is 5.76.